The van der Waals surface area contributed by atoms with Crippen LogP contribution in [0.2, 0.25) is 0 Å². The summed E-state index contributed by atoms with van der Waals surface area (Å²) in [4.78, 5) is 56.6. The first kappa shape index (κ1) is 76.6. The van der Waals surface area contributed by atoms with Gasteiger partial charge in [0.05, 0.1) is 73.7 Å². The number of para-hydroxylation sites is 4. The number of nitrogens with zero attached hydrogens (tertiary/aromatic N) is 18. The van der Waals surface area contributed by atoms with Crippen molar-refractivity contribution in [2.75, 3.05) is 56.0 Å². The van der Waals surface area contributed by atoms with E-state index in [0.29, 0.717) is 45.7 Å². The van der Waals surface area contributed by atoms with Crippen molar-refractivity contribution in [2.24, 2.45) is 0 Å². The molecule has 0 radical (unpaired) electrons. The van der Waals surface area contributed by atoms with E-state index in [0.717, 1.165) is 178 Å². The van der Waals surface area contributed by atoms with Gasteiger partial charge in [-0.15, -0.1) is 0 Å². The predicted octanol–water partition coefficient (Wildman–Crippen LogP) is 27.4. The minimum atomic E-state index is -2.29. The van der Waals surface area contributed by atoms with E-state index in [4.69, 9.17) is 31.7 Å². The van der Waals surface area contributed by atoms with Crippen LogP contribution in [0.3, 0.4) is 0 Å². The van der Waals surface area contributed by atoms with Crippen LogP contribution in [0.5, 0.6) is 0 Å². The number of aromatic nitrogens is 8. The van der Waals surface area contributed by atoms with Gasteiger partial charge < -0.3 is 71.1 Å². The summed E-state index contributed by atoms with van der Waals surface area (Å²) < 4.78 is 89.9. The number of aryl methyl sites for hydroxylation is 5. The number of pyridine rings is 8. The number of hydrogen-bond acceptors (Lipinski definition) is 23. The van der Waals surface area contributed by atoms with Crippen LogP contribution in [-0.2, 0) is 0 Å². The predicted molar refractivity (Wildman–Crippen MR) is 544 cm³/mol. The van der Waals surface area contributed by atoms with E-state index in [1.165, 1.54) is 4.90 Å². The van der Waals surface area contributed by atoms with Crippen molar-refractivity contribution >= 4 is 196 Å². The summed E-state index contributed by atoms with van der Waals surface area (Å²) in [6, 6.07) is 65.7. The van der Waals surface area contributed by atoms with Crippen LogP contribution >= 0.6 is 0 Å². The van der Waals surface area contributed by atoms with E-state index < -0.39 is 37.2 Å². The lowest BCUT2D eigenvalue weighted by atomic mass is 10.1. The molecule has 5 aliphatic rings. The Kier molecular flexibility index (Phi) is 19.2. The standard InChI is InChI=1S/2C23H23N3O.2C22H22N4O.C20H18N4O/c2*1-14(2)25-16(4)26(20-10-6-5-9-19(20)25)21-15(3)11-12-17-18-8-7-13-24-23(18)27-22(17)21;2*1-13(2)25-15(4)26(21-18(25)8-6-11-23-21)19-14(3)9-10-16-17-7-5-12-24-22(17)27-20(16)19;1-12-8-9-14-15-6-4-11-22-20(15)25-18(14)17(12)24-13(2)23(3)16-7-5-10-21-19(16)24/h2*5-14,16H,1-4H3;2*5-13,15H,1-4H3;4-11,13H,1-3H3/i2*14D;2*13D;3D3. The molecule has 0 bridgehead atoms. The molecule has 0 fully saturated rings. The fraction of sp³-hybridized carbons (Fsp3) is 0.255. The molecule has 20 aromatic rings. The second-order valence-corrected chi connectivity index (χ2v) is 35.5. The minimum absolute atomic E-state index is 0.0182. The highest BCUT2D eigenvalue weighted by Gasteiger charge is 2.44. The lowest BCUT2D eigenvalue weighted by Crippen LogP contribution is -2.42. The van der Waals surface area contributed by atoms with Crippen LogP contribution in [0.25, 0.3) is 110 Å². The zero-order valence-electron chi connectivity index (χ0n) is 84.7. The van der Waals surface area contributed by atoms with E-state index >= 15 is 0 Å². The van der Waals surface area contributed by atoms with Gasteiger partial charge in [0.25, 0.3) is 0 Å². The van der Waals surface area contributed by atoms with Crippen LogP contribution in [0.15, 0.2) is 278 Å². The molecule has 25 rings (SSSR count). The smallest absolute Gasteiger partial charge is 0.227 e. The molecular weight excluding hydrogens is 1650 g/mol. The molecule has 23 heteroatoms. The van der Waals surface area contributed by atoms with Gasteiger partial charge in [0.1, 0.15) is 30.8 Å². The summed E-state index contributed by atoms with van der Waals surface area (Å²) in [7, 11) is 0. The highest BCUT2D eigenvalue weighted by atomic mass is 16.4. The maximum absolute atomic E-state index is 8.71. The second-order valence-electron chi connectivity index (χ2n) is 35.5. The van der Waals surface area contributed by atoms with Crippen molar-refractivity contribution in [1.29, 1.82) is 0 Å². The Balaban J connectivity index is 0.000000104. The van der Waals surface area contributed by atoms with Gasteiger partial charge in [-0.2, -0.15) is 0 Å². The minimum Gasteiger partial charge on any atom is -0.435 e. The average molecular weight is 1770 g/mol. The van der Waals surface area contributed by atoms with Gasteiger partial charge in [-0.3, -0.25) is 0 Å². The fourth-order valence-corrected chi connectivity index (χ4v) is 20.8. The Morgan fingerprint density at radius 1 is 0.241 bits per heavy atom. The maximum atomic E-state index is 8.71. The van der Waals surface area contributed by atoms with E-state index in [2.05, 4.69) is 219 Å². The lowest BCUT2D eigenvalue weighted by Gasteiger charge is -2.33. The SMILES string of the molecule is [2H]C(C)(C)N1c2ccccc2N(c2c(C)ccc3c2oc2ncccc23)C1C.[2H]C(C)(C)N1c2ccccc2N(c2c(C)ccc3c2oc2ncccc23)C1C.[2H]C(C)(C)N1c2cccnc2N(c2c(C)ccc3c2oc2ncccc23)C1C.[2H]C(C)(C)N1c2cccnc2N(c2c(C)ccc3c2oc2ncccc23)C1C.[2H]C([2H])([2H])N1c2cccnc2N(c2c(C)ccc3c2oc2ncccc23)C1C. The van der Waals surface area contributed by atoms with E-state index in [1.54, 1.807) is 61.7 Å². The van der Waals surface area contributed by atoms with Gasteiger partial charge in [-0.05, 0) is 274 Å². The molecule has 7 aromatic carbocycles. The first-order chi connectivity index (χ1) is 66.9. The molecule has 13 aromatic heterocycles. The summed E-state index contributed by atoms with van der Waals surface area (Å²) in [6.07, 6.45) is 13.3. The highest BCUT2D eigenvalue weighted by Crippen LogP contribution is 2.55. The summed E-state index contributed by atoms with van der Waals surface area (Å²) in [5.41, 5.74) is 24.3. The molecule has 668 valence electrons. The summed E-state index contributed by atoms with van der Waals surface area (Å²) in [5.74, 6) is 2.30. The van der Waals surface area contributed by atoms with E-state index in [1.807, 2.05) is 183 Å². The quantitative estimate of drug-likeness (QED) is 0.132. The summed E-state index contributed by atoms with van der Waals surface area (Å²) >= 11 is 0. The molecular formula is C110H108N18O5. The summed E-state index contributed by atoms with van der Waals surface area (Å²) in [5, 5.41) is 10.1. The summed E-state index contributed by atoms with van der Waals surface area (Å²) in [6.45, 7) is 33.8. The van der Waals surface area contributed by atoms with Crippen LogP contribution in [0.1, 0.15) is 127 Å². The number of furan rings is 5. The van der Waals surface area contributed by atoms with Crippen LogP contribution in [0, 0.1) is 34.6 Å². The van der Waals surface area contributed by atoms with Gasteiger partial charge in [0.2, 0.25) is 28.6 Å². The molecule has 5 atom stereocenters. The topological polar surface area (TPSA) is 201 Å². The monoisotopic (exact) mass is 1770 g/mol. The Morgan fingerprint density at radius 3 is 0.737 bits per heavy atom. The van der Waals surface area contributed by atoms with Crippen molar-refractivity contribution in [2.45, 2.75) is 180 Å². The largest absolute Gasteiger partial charge is 0.435 e. The second kappa shape index (κ2) is 33.3. The molecule has 5 unspecified atom stereocenters. The normalized spacial score (nSPS) is 17.9. The van der Waals surface area contributed by atoms with Gasteiger partial charge in [-0.25, -0.2) is 39.9 Å². The molecule has 23 nitrogen and oxygen atoms in total. The number of anilines is 15. The third kappa shape index (κ3) is 13.6. The Bertz CT molecular complexity index is 7170. The first-order valence-electron chi connectivity index (χ1n) is 48.7. The van der Waals surface area contributed by atoms with Crippen LogP contribution < -0.4 is 49.0 Å². The lowest BCUT2D eigenvalue weighted by molar-refractivity contribution is 0.601. The van der Waals surface area contributed by atoms with Crippen molar-refractivity contribution in [3.63, 3.8) is 0 Å². The van der Waals surface area contributed by atoms with Gasteiger partial charge in [0.15, 0.2) is 45.4 Å². The van der Waals surface area contributed by atoms with Crippen molar-refractivity contribution in [3.8, 4) is 0 Å². The number of hydrogen-bond donors (Lipinski definition) is 0. The maximum Gasteiger partial charge on any atom is 0.227 e. The van der Waals surface area contributed by atoms with Crippen molar-refractivity contribution in [1.82, 2.24) is 39.9 Å². The zero-order chi connectivity index (χ0) is 98.1. The molecule has 0 aliphatic carbocycles. The fourth-order valence-electron chi connectivity index (χ4n) is 20.8. The Labute approximate surface area is 782 Å². The Hall–Kier alpha value is -15.3. The first-order valence-corrected chi connectivity index (χ1v) is 45.2. The number of benzene rings is 7. The van der Waals surface area contributed by atoms with Gasteiger partial charge in [0, 0.05) is 139 Å². The third-order valence-electron chi connectivity index (χ3n) is 26.4. The third-order valence-corrected chi connectivity index (χ3v) is 26.4. The Morgan fingerprint density at radius 2 is 0.459 bits per heavy atom. The van der Waals surface area contributed by atoms with E-state index in [-0.39, 0.29) is 24.7 Å². The molecule has 0 N–H and O–H groups in total. The van der Waals surface area contributed by atoms with Gasteiger partial charge in [-0.1, -0.05) is 84.9 Å². The molecule has 0 saturated carbocycles. The van der Waals surface area contributed by atoms with E-state index in [9.17, 15) is 0 Å². The highest BCUT2D eigenvalue weighted by molar-refractivity contribution is 6.15. The molecule has 133 heavy (non-hydrogen) atoms. The molecule has 5 aliphatic heterocycles. The number of fused-ring (bicyclic) bond motifs is 20. The van der Waals surface area contributed by atoms with Crippen molar-refractivity contribution < 1.29 is 31.7 Å². The molecule has 0 spiro atoms. The molecule has 0 saturated heterocycles. The van der Waals surface area contributed by atoms with Crippen LogP contribution in [0.4, 0.5) is 85.7 Å². The van der Waals surface area contributed by atoms with Crippen molar-refractivity contribution in [3.05, 3.63) is 284 Å². The average Bonchev–Trinajstić information content (AvgIpc) is 1.59. The van der Waals surface area contributed by atoms with Crippen LogP contribution in [-0.4, -0.2) is 102 Å². The number of rotatable bonds is 9. The zero-order valence-corrected chi connectivity index (χ0v) is 77.7. The molecule has 18 heterocycles. The molecule has 0 amide bonds. The van der Waals surface area contributed by atoms with Gasteiger partial charge >= 0.3 is 0 Å².